The van der Waals surface area contributed by atoms with E-state index in [1.54, 1.807) is 22.8 Å². The molecule has 1 aliphatic heterocycles. The van der Waals surface area contributed by atoms with Gasteiger partial charge in [-0.1, -0.05) is 0 Å². The predicted octanol–water partition coefficient (Wildman–Crippen LogP) is -0.837. The minimum atomic E-state index is -0.0380. The Kier molecular flexibility index (Phi) is 5.11. The van der Waals surface area contributed by atoms with Crippen molar-refractivity contribution in [2.45, 2.75) is 13.0 Å². The average Bonchev–Trinajstić information content (AvgIpc) is 2.98. The second-order valence-electron chi connectivity index (χ2n) is 4.90. The Balaban J connectivity index is 1.73. The molecular weight excluding hydrogens is 258 g/mol. The van der Waals surface area contributed by atoms with Gasteiger partial charge in [0.05, 0.1) is 6.54 Å². The van der Waals surface area contributed by atoms with Crippen LogP contribution in [-0.4, -0.2) is 71.2 Å². The topological polar surface area (TPSA) is 70.5 Å². The first-order valence-electron chi connectivity index (χ1n) is 6.86. The van der Waals surface area contributed by atoms with Crippen LogP contribution in [0.4, 0.5) is 0 Å². The van der Waals surface area contributed by atoms with E-state index in [0.29, 0.717) is 26.1 Å². The van der Waals surface area contributed by atoms with Crippen LogP contribution in [0.1, 0.15) is 6.42 Å². The number of likely N-dealkylation sites (N-methyl/N-ethyl adjacent to an activating group) is 1. The van der Waals surface area contributed by atoms with Crippen molar-refractivity contribution in [2.75, 3.05) is 39.8 Å². The van der Waals surface area contributed by atoms with Crippen molar-refractivity contribution in [3.63, 3.8) is 0 Å². The Morgan fingerprint density at radius 1 is 1.35 bits per heavy atom. The van der Waals surface area contributed by atoms with Crippen molar-refractivity contribution < 1.29 is 9.59 Å². The van der Waals surface area contributed by atoms with E-state index in [2.05, 4.69) is 10.4 Å². The Morgan fingerprint density at radius 2 is 2.10 bits per heavy atom. The molecule has 2 heterocycles. The van der Waals surface area contributed by atoms with Crippen LogP contribution in [0.5, 0.6) is 0 Å². The highest BCUT2D eigenvalue weighted by Gasteiger charge is 2.19. The van der Waals surface area contributed by atoms with Crippen molar-refractivity contribution in [3.05, 3.63) is 18.5 Å². The van der Waals surface area contributed by atoms with Gasteiger partial charge in [-0.2, -0.15) is 5.10 Å². The van der Waals surface area contributed by atoms with Crippen molar-refractivity contribution in [1.82, 2.24) is 24.9 Å². The van der Waals surface area contributed by atoms with Gasteiger partial charge in [0.15, 0.2) is 0 Å². The smallest absolute Gasteiger partial charge is 0.242 e. The van der Waals surface area contributed by atoms with Crippen LogP contribution in [0.3, 0.4) is 0 Å². The fourth-order valence-electron chi connectivity index (χ4n) is 2.14. The largest absolute Gasteiger partial charge is 0.339 e. The second-order valence-corrected chi connectivity index (χ2v) is 4.90. The molecule has 1 aliphatic rings. The molecule has 0 aliphatic carbocycles. The molecule has 7 heteroatoms. The molecule has 0 radical (unpaired) electrons. The molecule has 110 valence electrons. The van der Waals surface area contributed by atoms with Gasteiger partial charge in [0.1, 0.15) is 0 Å². The van der Waals surface area contributed by atoms with E-state index in [1.165, 1.54) is 4.90 Å². The number of carbonyl (C=O) groups is 2. The van der Waals surface area contributed by atoms with E-state index in [9.17, 15) is 9.59 Å². The van der Waals surface area contributed by atoms with Crippen LogP contribution < -0.4 is 5.32 Å². The van der Waals surface area contributed by atoms with Gasteiger partial charge in [-0.25, -0.2) is 0 Å². The Bertz CT molecular complexity index is 440. The van der Waals surface area contributed by atoms with Gasteiger partial charge in [0.25, 0.3) is 0 Å². The summed E-state index contributed by atoms with van der Waals surface area (Å²) in [7, 11) is 1.67. The van der Waals surface area contributed by atoms with E-state index in [4.69, 9.17) is 0 Å². The summed E-state index contributed by atoms with van der Waals surface area (Å²) < 4.78 is 1.71. The van der Waals surface area contributed by atoms with Crippen molar-refractivity contribution in [1.29, 1.82) is 0 Å². The molecule has 0 atom stereocenters. The number of aryl methyl sites for hydroxylation is 1. The third-order valence-corrected chi connectivity index (χ3v) is 3.38. The number of nitrogens with zero attached hydrogens (tertiary/aromatic N) is 4. The number of aromatic nitrogens is 2. The number of hydrogen-bond acceptors (Lipinski definition) is 4. The van der Waals surface area contributed by atoms with E-state index < -0.39 is 0 Å². The Labute approximate surface area is 118 Å². The summed E-state index contributed by atoms with van der Waals surface area (Å²) in [4.78, 5) is 27.3. The zero-order chi connectivity index (χ0) is 14.4. The summed E-state index contributed by atoms with van der Waals surface area (Å²) >= 11 is 0. The van der Waals surface area contributed by atoms with Crippen LogP contribution in [-0.2, 0) is 16.1 Å². The Hall–Kier alpha value is -1.89. The third kappa shape index (κ3) is 4.06. The second kappa shape index (κ2) is 7.04. The average molecular weight is 279 g/mol. The summed E-state index contributed by atoms with van der Waals surface area (Å²) in [6.45, 7) is 3.77. The highest BCUT2D eigenvalue weighted by atomic mass is 16.2. The number of piperazine rings is 1. The SMILES string of the molecule is CN(CC(=O)N1CCNCC1)C(=O)CCn1cccn1. The first kappa shape index (κ1) is 14.5. The summed E-state index contributed by atoms with van der Waals surface area (Å²) in [5, 5.41) is 7.24. The molecule has 2 amide bonds. The molecule has 1 saturated heterocycles. The summed E-state index contributed by atoms with van der Waals surface area (Å²) in [5.74, 6) is -0.0228. The lowest BCUT2D eigenvalue weighted by Gasteiger charge is -2.29. The predicted molar refractivity (Wildman–Crippen MR) is 73.9 cm³/mol. The molecule has 0 saturated carbocycles. The number of carbonyl (C=O) groups excluding carboxylic acids is 2. The van der Waals surface area contributed by atoms with Crippen molar-refractivity contribution in [3.8, 4) is 0 Å². The van der Waals surface area contributed by atoms with E-state index >= 15 is 0 Å². The third-order valence-electron chi connectivity index (χ3n) is 3.38. The van der Waals surface area contributed by atoms with Gasteiger partial charge in [-0.3, -0.25) is 14.3 Å². The van der Waals surface area contributed by atoms with Gasteiger partial charge >= 0.3 is 0 Å². The standard InChI is InChI=1S/C13H21N5O2/c1-16(11-13(20)17-9-5-14-6-10-17)12(19)3-8-18-7-2-4-15-18/h2,4,7,14H,3,5-6,8-11H2,1H3. The molecule has 7 nitrogen and oxygen atoms in total. The van der Waals surface area contributed by atoms with Crippen molar-refractivity contribution in [2.24, 2.45) is 0 Å². The van der Waals surface area contributed by atoms with Gasteiger partial charge in [-0.15, -0.1) is 0 Å². The lowest BCUT2D eigenvalue weighted by Crippen LogP contribution is -2.49. The molecule has 0 aromatic carbocycles. The fraction of sp³-hybridized carbons (Fsp3) is 0.615. The van der Waals surface area contributed by atoms with Crippen molar-refractivity contribution >= 4 is 11.8 Å². The number of hydrogen-bond donors (Lipinski definition) is 1. The minimum absolute atomic E-state index is 0.0152. The zero-order valence-electron chi connectivity index (χ0n) is 11.8. The molecule has 1 fully saturated rings. The zero-order valence-corrected chi connectivity index (χ0v) is 11.8. The van der Waals surface area contributed by atoms with Crippen LogP contribution in [0.25, 0.3) is 0 Å². The van der Waals surface area contributed by atoms with Gasteiger partial charge in [0.2, 0.25) is 11.8 Å². The number of rotatable bonds is 5. The number of nitrogens with one attached hydrogen (secondary N) is 1. The maximum absolute atomic E-state index is 12.0. The highest BCUT2D eigenvalue weighted by Crippen LogP contribution is 1.99. The van der Waals surface area contributed by atoms with Crippen LogP contribution in [0.15, 0.2) is 18.5 Å². The normalized spacial score (nSPS) is 15.2. The molecule has 2 rings (SSSR count). The van der Waals surface area contributed by atoms with Gasteiger partial charge in [0, 0.05) is 58.6 Å². The summed E-state index contributed by atoms with van der Waals surface area (Å²) in [5.41, 5.74) is 0. The first-order valence-corrected chi connectivity index (χ1v) is 6.86. The lowest BCUT2D eigenvalue weighted by atomic mass is 10.3. The monoisotopic (exact) mass is 279 g/mol. The fourth-order valence-corrected chi connectivity index (χ4v) is 2.14. The highest BCUT2D eigenvalue weighted by molar-refractivity contribution is 5.84. The minimum Gasteiger partial charge on any atom is -0.339 e. The Morgan fingerprint density at radius 3 is 2.75 bits per heavy atom. The van der Waals surface area contributed by atoms with Gasteiger partial charge in [-0.05, 0) is 6.07 Å². The van der Waals surface area contributed by atoms with Crippen LogP contribution in [0, 0.1) is 0 Å². The van der Waals surface area contributed by atoms with Crippen LogP contribution in [0.2, 0.25) is 0 Å². The molecular formula is C13H21N5O2. The molecule has 0 bridgehead atoms. The molecule has 1 aromatic rings. The number of amides is 2. The maximum atomic E-state index is 12.0. The van der Waals surface area contributed by atoms with Gasteiger partial charge < -0.3 is 15.1 Å². The van der Waals surface area contributed by atoms with E-state index in [-0.39, 0.29) is 18.4 Å². The molecule has 1 N–H and O–H groups in total. The first-order chi connectivity index (χ1) is 9.66. The van der Waals surface area contributed by atoms with E-state index in [0.717, 1.165) is 13.1 Å². The molecule has 0 unspecified atom stereocenters. The molecule has 0 spiro atoms. The maximum Gasteiger partial charge on any atom is 0.242 e. The summed E-state index contributed by atoms with van der Waals surface area (Å²) in [6.07, 6.45) is 3.86. The quantitative estimate of drug-likeness (QED) is 0.763. The van der Waals surface area contributed by atoms with E-state index in [1.807, 2.05) is 12.3 Å². The molecule has 20 heavy (non-hydrogen) atoms. The van der Waals surface area contributed by atoms with Crippen LogP contribution >= 0.6 is 0 Å². The lowest BCUT2D eigenvalue weighted by molar-refractivity contribution is -0.139. The summed E-state index contributed by atoms with van der Waals surface area (Å²) in [6, 6.07) is 1.82. The molecule has 1 aromatic heterocycles.